The smallest absolute Gasteiger partial charge is 0.161 e. The van der Waals surface area contributed by atoms with Crippen molar-refractivity contribution < 1.29 is 4.79 Å². The van der Waals surface area contributed by atoms with E-state index >= 15 is 0 Å². The van der Waals surface area contributed by atoms with Crippen molar-refractivity contribution in [2.45, 2.75) is 13.5 Å². The number of carbonyl (C=O) groups excluding carboxylic acids is 1. The van der Waals surface area contributed by atoms with Gasteiger partial charge in [0.1, 0.15) is 0 Å². The SMILES string of the molecule is CC(=O)c1ccc(Br)cc1N(C)Cc1cccnc1. The summed E-state index contributed by atoms with van der Waals surface area (Å²) in [5.74, 6) is 0.0699. The Morgan fingerprint density at radius 2 is 2.16 bits per heavy atom. The van der Waals surface area contributed by atoms with E-state index < -0.39 is 0 Å². The van der Waals surface area contributed by atoms with E-state index in [-0.39, 0.29) is 5.78 Å². The first kappa shape index (κ1) is 13.7. The zero-order chi connectivity index (χ0) is 13.8. The Morgan fingerprint density at radius 3 is 2.79 bits per heavy atom. The molecule has 1 aromatic heterocycles. The molecule has 0 aliphatic rings. The highest BCUT2D eigenvalue weighted by atomic mass is 79.9. The fourth-order valence-electron chi connectivity index (χ4n) is 1.97. The molecule has 0 saturated carbocycles. The molecule has 0 amide bonds. The maximum atomic E-state index is 11.7. The highest BCUT2D eigenvalue weighted by Crippen LogP contribution is 2.26. The predicted molar refractivity (Wildman–Crippen MR) is 80.5 cm³/mol. The molecule has 0 spiro atoms. The number of benzene rings is 1. The van der Waals surface area contributed by atoms with Crippen LogP contribution < -0.4 is 4.90 Å². The molecule has 0 radical (unpaired) electrons. The van der Waals surface area contributed by atoms with Crippen molar-refractivity contribution in [2.75, 3.05) is 11.9 Å². The van der Waals surface area contributed by atoms with Crippen molar-refractivity contribution in [3.05, 3.63) is 58.3 Å². The largest absolute Gasteiger partial charge is 0.370 e. The Morgan fingerprint density at radius 1 is 1.37 bits per heavy atom. The van der Waals surface area contributed by atoms with Gasteiger partial charge in [0.05, 0.1) is 0 Å². The molecule has 4 heteroatoms. The zero-order valence-electron chi connectivity index (χ0n) is 10.9. The number of pyridine rings is 1. The van der Waals surface area contributed by atoms with Crippen LogP contribution >= 0.6 is 15.9 Å². The van der Waals surface area contributed by atoms with E-state index in [9.17, 15) is 4.79 Å². The van der Waals surface area contributed by atoms with Crippen LogP contribution in [0.5, 0.6) is 0 Å². The number of nitrogens with zero attached hydrogens (tertiary/aromatic N) is 2. The van der Waals surface area contributed by atoms with Gasteiger partial charge in [-0.15, -0.1) is 0 Å². The molecule has 0 unspecified atom stereocenters. The number of Topliss-reactive ketones (excluding diaryl/α,β-unsaturated/α-hetero) is 1. The van der Waals surface area contributed by atoms with E-state index in [4.69, 9.17) is 0 Å². The molecule has 3 nitrogen and oxygen atoms in total. The fourth-order valence-corrected chi connectivity index (χ4v) is 2.32. The molecule has 2 rings (SSSR count). The van der Waals surface area contributed by atoms with Crippen LogP contribution in [-0.2, 0) is 6.54 Å². The maximum Gasteiger partial charge on any atom is 0.161 e. The summed E-state index contributed by atoms with van der Waals surface area (Å²) in [6.07, 6.45) is 3.59. The third-order valence-corrected chi connectivity index (χ3v) is 3.39. The summed E-state index contributed by atoms with van der Waals surface area (Å²) >= 11 is 3.45. The molecule has 0 N–H and O–H groups in total. The lowest BCUT2D eigenvalue weighted by Crippen LogP contribution is -2.19. The van der Waals surface area contributed by atoms with Crippen LogP contribution in [0, 0.1) is 0 Å². The van der Waals surface area contributed by atoms with Crippen molar-refractivity contribution in [1.29, 1.82) is 0 Å². The lowest BCUT2D eigenvalue weighted by Gasteiger charge is -2.22. The van der Waals surface area contributed by atoms with Gasteiger partial charge in [-0.05, 0) is 36.8 Å². The van der Waals surface area contributed by atoms with Crippen LogP contribution in [0.25, 0.3) is 0 Å². The van der Waals surface area contributed by atoms with Gasteiger partial charge in [0.15, 0.2) is 5.78 Å². The average Bonchev–Trinajstić information content (AvgIpc) is 2.39. The van der Waals surface area contributed by atoms with Crippen LogP contribution in [0.2, 0.25) is 0 Å². The minimum absolute atomic E-state index is 0.0699. The number of hydrogen-bond donors (Lipinski definition) is 0. The minimum Gasteiger partial charge on any atom is -0.370 e. The van der Waals surface area contributed by atoms with Crippen LogP contribution in [-0.4, -0.2) is 17.8 Å². The van der Waals surface area contributed by atoms with E-state index in [1.165, 1.54) is 0 Å². The molecule has 0 fully saturated rings. The predicted octanol–water partition coefficient (Wildman–Crippen LogP) is 3.68. The summed E-state index contributed by atoms with van der Waals surface area (Å²) in [5.41, 5.74) is 2.76. The Kier molecular flexibility index (Phi) is 4.32. The third-order valence-electron chi connectivity index (χ3n) is 2.89. The van der Waals surface area contributed by atoms with Crippen LogP contribution in [0.4, 0.5) is 5.69 Å². The molecule has 0 atom stereocenters. The second-order valence-corrected chi connectivity index (χ2v) is 5.35. The van der Waals surface area contributed by atoms with Gasteiger partial charge in [-0.3, -0.25) is 9.78 Å². The van der Waals surface area contributed by atoms with Crippen molar-refractivity contribution in [3.63, 3.8) is 0 Å². The number of anilines is 1. The number of hydrogen-bond acceptors (Lipinski definition) is 3. The highest BCUT2D eigenvalue weighted by molar-refractivity contribution is 9.10. The van der Waals surface area contributed by atoms with Crippen molar-refractivity contribution in [2.24, 2.45) is 0 Å². The molecule has 0 bridgehead atoms. The molecule has 98 valence electrons. The van der Waals surface area contributed by atoms with Gasteiger partial charge in [0.2, 0.25) is 0 Å². The van der Waals surface area contributed by atoms with Gasteiger partial charge >= 0.3 is 0 Å². The maximum absolute atomic E-state index is 11.7. The van der Waals surface area contributed by atoms with Gasteiger partial charge < -0.3 is 4.90 Å². The first-order valence-corrected chi connectivity index (χ1v) is 6.78. The van der Waals surface area contributed by atoms with Gasteiger partial charge in [0.25, 0.3) is 0 Å². The standard InChI is InChI=1S/C15H15BrN2O/c1-11(19)14-6-5-13(16)8-15(14)18(2)10-12-4-3-7-17-9-12/h3-9H,10H2,1-2H3. The summed E-state index contributed by atoms with van der Waals surface area (Å²) < 4.78 is 0.963. The molecule has 1 aromatic carbocycles. The topological polar surface area (TPSA) is 33.2 Å². The summed E-state index contributed by atoms with van der Waals surface area (Å²) in [7, 11) is 1.97. The van der Waals surface area contributed by atoms with Crippen LogP contribution in [0.15, 0.2) is 47.2 Å². The molecule has 1 heterocycles. The molecular weight excluding hydrogens is 304 g/mol. The lowest BCUT2D eigenvalue weighted by atomic mass is 10.1. The Balaban J connectivity index is 2.30. The molecule has 0 aliphatic heterocycles. The number of aromatic nitrogens is 1. The van der Waals surface area contributed by atoms with Crippen LogP contribution in [0.1, 0.15) is 22.8 Å². The summed E-state index contributed by atoms with van der Waals surface area (Å²) in [5, 5.41) is 0. The fraction of sp³-hybridized carbons (Fsp3) is 0.200. The Hall–Kier alpha value is -1.68. The summed E-state index contributed by atoms with van der Waals surface area (Å²) in [4.78, 5) is 17.8. The van der Waals surface area contributed by atoms with Crippen molar-refractivity contribution >= 4 is 27.4 Å². The normalized spacial score (nSPS) is 10.3. The van der Waals surface area contributed by atoms with Gasteiger partial charge in [0, 0.05) is 41.7 Å². The monoisotopic (exact) mass is 318 g/mol. The number of rotatable bonds is 4. The second kappa shape index (κ2) is 5.97. The van der Waals surface area contributed by atoms with Crippen molar-refractivity contribution in [1.82, 2.24) is 4.98 Å². The molecular formula is C15H15BrN2O. The van der Waals surface area contributed by atoms with E-state index in [0.29, 0.717) is 6.54 Å². The van der Waals surface area contributed by atoms with Gasteiger partial charge in [-0.2, -0.15) is 0 Å². The van der Waals surface area contributed by atoms with Crippen LogP contribution in [0.3, 0.4) is 0 Å². The van der Waals surface area contributed by atoms with E-state index in [1.54, 1.807) is 13.1 Å². The van der Waals surface area contributed by atoms with E-state index in [1.807, 2.05) is 43.6 Å². The van der Waals surface area contributed by atoms with Gasteiger partial charge in [-0.1, -0.05) is 22.0 Å². The number of halogens is 1. The summed E-state index contributed by atoms with van der Waals surface area (Å²) in [6, 6.07) is 9.64. The highest BCUT2D eigenvalue weighted by Gasteiger charge is 2.12. The molecule has 0 saturated heterocycles. The molecule has 2 aromatic rings. The van der Waals surface area contributed by atoms with Crippen molar-refractivity contribution in [3.8, 4) is 0 Å². The summed E-state index contributed by atoms with van der Waals surface area (Å²) in [6.45, 7) is 2.30. The van der Waals surface area contributed by atoms with E-state index in [0.717, 1.165) is 21.3 Å². The molecule has 19 heavy (non-hydrogen) atoms. The zero-order valence-corrected chi connectivity index (χ0v) is 12.5. The average molecular weight is 319 g/mol. The second-order valence-electron chi connectivity index (χ2n) is 4.43. The number of carbonyl (C=O) groups is 1. The van der Waals surface area contributed by atoms with E-state index in [2.05, 4.69) is 25.8 Å². The van der Waals surface area contributed by atoms with Gasteiger partial charge in [-0.25, -0.2) is 0 Å². The quantitative estimate of drug-likeness (QED) is 0.806. The number of ketones is 1. The first-order chi connectivity index (χ1) is 9.08. The molecule has 0 aliphatic carbocycles. The minimum atomic E-state index is 0.0699. The first-order valence-electron chi connectivity index (χ1n) is 5.98. The Bertz CT molecular complexity index is 584. The third kappa shape index (κ3) is 3.41. The lowest BCUT2D eigenvalue weighted by molar-refractivity contribution is 0.101. The Labute approximate surface area is 121 Å².